The van der Waals surface area contributed by atoms with Crippen molar-refractivity contribution >= 4 is 11.7 Å². The number of morpholine rings is 1. The lowest BCUT2D eigenvalue weighted by atomic mass is 10.1. The number of amides is 1. The van der Waals surface area contributed by atoms with Crippen molar-refractivity contribution in [1.29, 1.82) is 0 Å². The number of hydrogen-bond donors (Lipinski definition) is 1. The number of aryl methyl sites for hydroxylation is 1. The lowest BCUT2D eigenvalue weighted by Crippen LogP contribution is -2.37. The van der Waals surface area contributed by atoms with Crippen LogP contribution in [-0.2, 0) is 11.3 Å². The average molecular weight is 378 g/mol. The molecule has 28 heavy (non-hydrogen) atoms. The lowest BCUT2D eigenvalue weighted by molar-refractivity contribution is 0.0949. The van der Waals surface area contributed by atoms with Gasteiger partial charge >= 0.3 is 0 Å². The van der Waals surface area contributed by atoms with Gasteiger partial charge in [-0.1, -0.05) is 41.6 Å². The summed E-state index contributed by atoms with van der Waals surface area (Å²) in [6.07, 6.45) is 1.77. The van der Waals surface area contributed by atoms with Crippen LogP contribution in [0.15, 0.2) is 53.2 Å². The van der Waals surface area contributed by atoms with E-state index >= 15 is 0 Å². The van der Waals surface area contributed by atoms with Crippen LogP contribution in [0.2, 0.25) is 0 Å². The number of anilines is 1. The molecule has 1 N–H and O–H groups in total. The second-order valence-electron chi connectivity index (χ2n) is 6.60. The van der Waals surface area contributed by atoms with E-state index in [2.05, 4.69) is 20.4 Å². The smallest absolute Gasteiger partial charge is 0.257 e. The molecule has 144 valence electrons. The Kier molecular flexibility index (Phi) is 5.34. The quantitative estimate of drug-likeness (QED) is 0.735. The molecular formula is C21H22N4O3. The zero-order chi connectivity index (χ0) is 19.3. The molecular weight excluding hydrogens is 356 g/mol. The van der Waals surface area contributed by atoms with Crippen LogP contribution in [0.3, 0.4) is 0 Å². The fourth-order valence-corrected chi connectivity index (χ4v) is 3.32. The molecule has 0 spiro atoms. The molecule has 7 nitrogen and oxygen atoms in total. The Bertz CT molecular complexity index is 949. The first-order valence-corrected chi connectivity index (χ1v) is 9.30. The van der Waals surface area contributed by atoms with E-state index in [1.807, 2.05) is 42.5 Å². The zero-order valence-electron chi connectivity index (χ0n) is 15.7. The number of carbonyl (C=O) groups is 1. The molecule has 1 saturated heterocycles. The Hall–Kier alpha value is -3.19. The van der Waals surface area contributed by atoms with Gasteiger partial charge in [0.1, 0.15) is 22.8 Å². The third-order valence-electron chi connectivity index (χ3n) is 4.75. The van der Waals surface area contributed by atoms with Gasteiger partial charge in [-0.3, -0.25) is 4.79 Å². The van der Waals surface area contributed by atoms with Gasteiger partial charge in [-0.2, -0.15) is 0 Å². The van der Waals surface area contributed by atoms with Crippen molar-refractivity contribution in [3.63, 3.8) is 0 Å². The van der Waals surface area contributed by atoms with Crippen LogP contribution in [0.4, 0.5) is 5.82 Å². The largest absolute Gasteiger partial charge is 0.378 e. The number of rotatable bonds is 5. The van der Waals surface area contributed by atoms with Gasteiger partial charge in [0.05, 0.1) is 13.2 Å². The van der Waals surface area contributed by atoms with Crippen LogP contribution >= 0.6 is 0 Å². The van der Waals surface area contributed by atoms with E-state index in [4.69, 9.17) is 9.26 Å². The van der Waals surface area contributed by atoms with E-state index in [1.54, 1.807) is 13.1 Å². The normalized spacial score (nSPS) is 14.1. The van der Waals surface area contributed by atoms with Gasteiger partial charge in [-0.25, -0.2) is 4.98 Å². The fraction of sp³-hybridized carbons (Fsp3) is 0.286. The van der Waals surface area contributed by atoms with Crippen molar-refractivity contribution in [1.82, 2.24) is 15.5 Å². The number of aromatic nitrogens is 2. The summed E-state index contributed by atoms with van der Waals surface area (Å²) in [7, 11) is 0. The molecule has 4 rings (SSSR count). The van der Waals surface area contributed by atoms with Crippen molar-refractivity contribution in [2.24, 2.45) is 0 Å². The number of carbonyl (C=O) groups excluding carboxylic acids is 1. The first-order valence-electron chi connectivity index (χ1n) is 9.30. The Morgan fingerprint density at radius 1 is 1.14 bits per heavy atom. The molecule has 3 aromatic rings. The first kappa shape index (κ1) is 18.2. The Labute approximate surface area is 163 Å². The van der Waals surface area contributed by atoms with Gasteiger partial charge in [0.25, 0.3) is 5.91 Å². The monoisotopic (exact) mass is 378 g/mol. The Morgan fingerprint density at radius 3 is 2.71 bits per heavy atom. The highest BCUT2D eigenvalue weighted by atomic mass is 16.5. The standard InChI is InChI=1S/C21H22N4O3/c1-15-18(19(24-28-15)16-6-3-2-4-7-16)21(26)23-14-17-8-5-9-22-20(17)25-10-12-27-13-11-25/h2-9H,10-14H2,1H3,(H,23,26). The number of benzene rings is 1. The molecule has 1 aliphatic rings. The molecule has 0 aliphatic carbocycles. The summed E-state index contributed by atoms with van der Waals surface area (Å²) in [5.41, 5.74) is 2.83. The topological polar surface area (TPSA) is 80.5 Å². The molecule has 0 unspecified atom stereocenters. The van der Waals surface area contributed by atoms with Crippen LogP contribution in [0.1, 0.15) is 21.7 Å². The summed E-state index contributed by atoms with van der Waals surface area (Å²) < 4.78 is 10.7. The molecule has 7 heteroatoms. The minimum atomic E-state index is -0.214. The summed E-state index contributed by atoms with van der Waals surface area (Å²) in [4.78, 5) is 19.6. The fourth-order valence-electron chi connectivity index (χ4n) is 3.32. The highest BCUT2D eigenvalue weighted by Crippen LogP contribution is 2.25. The maximum absolute atomic E-state index is 12.9. The molecule has 3 heterocycles. The van der Waals surface area contributed by atoms with Crippen molar-refractivity contribution in [2.75, 3.05) is 31.2 Å². The lowest BCUT2D eigenvalue weighted by Gasteiger charge is -2.29. The SMILES string of the molecule is Cc1onc(-c2ccccc2)c1C(=O)NCc1cccnc1N1CCOCC1. The van der Waals surface area contributed by atoms with Gasteiger partial charge in [0, 0.05) is 37.0 Å². The van der Waals surface area contributed by atoms with Crippen molar-refractivity contribution in [2.45, 2.75) is 13.5 Å². The van der Waals surface area contributed by atoms with Gasteiger partial charge in [-0.05, 0) is 13.0 Å². The highest BCUT2D eigenvalue weighted by Gasteiger charge is 2.22. The van der Waals surface area contributed by atoms with E-state index in [1.165, 1.54) is 0 Å². The van der Waals surface area contributed by atoms with Crippen LogP contribution in [0, 0.1) is 6.92 Å². The van der Waals surface area contributed by atoms with Crippen molar-refractivity contribution < 1.29 is 14.1 Å². The minimum absolute atomic E-state index is 0.214. The van der Waals surface area contributed by atoms with E-state index in [9.17, 15) is 4.79 Å². The van der Waals surface area contributed by atoms with Gasteiger partial charge in [0.15, 0.2) is 0 Å². The molecule has 1 aliphatic heterocycles. The van der Waals surface area contributed by atoms with Crippen LogP contribution in [-0.4, -0.2) is 42.4 Å². The molecule has 1 aromatic carbocycles. The maximum atomic E-state index is 12.9. The molecule has 0 bridgehead atoms. The summed E-state index contributed by atoms with van der Waals surface area (Å²) in [6, 6.07) is 13.4. The average Bonchev–Trinajstić information content (AvgIpc) is 3.15. The highest BCUT2D eigenvalue weighted by molar-refractivity contribution is 6.00. The summed E-state index contributed by atoms with van der Waals surface area (Å²) in [5.74, 6) is 1.17. The van der Waals surface area contributed by atoms with E-state index in [0.717, 1.165) is 30.0 Å². The zero-order valence-corrected chi connectivity index (χ0v) is 15.7. The Morgan fingerprint density at radius 2 is 1.93 bits per heavy atom. The second-order valence-corrected chi connectivity index (χ2v) is 6.60. The molecule has 2 aromatic heterocycles. The molecule has 1 amide bonds. The number of nitrogens with zero attached hydrogens (tertiary/aromatic N) is 3. The van der Waals surface area contributed by atoms with Crippen LogP contribution < -0.4 is 10.2 Å². The Balaban J connectivity index is 1.53. The first-order chi connectivity index (χ1) is 13.7. The third-order valence-corrected chi connectivity index (χ3v) is 4.75. The van der Waals surface area contributed by atoms with Crippen molar-refractivity contribution in [3.05, 3.63) is 65.5 Å². The van der Waals surface area contributed by atoms with Gasteiger partial charge < -0.3 is 19.5 Å². The predicted octanol–water partition coefficient (Wildman–Crippen LogP) is 2.81. The molecule has 0 atom stereocenters. The van der Waals surface area contributed by atoms with Gasteiger partial charge in [0.2, 0.25) is 0 Å². The molecule has 0 radical (unpaired) electrons. The number of hydrogen-bond acceptors (Lipinski definition) is 6. The van der Waals surface area contributed by atoms with Crippen LogP contribution in [0.25, 0.3) is 11.3 Å². The number of ether oxygens (including phenoxy) is 1. The van der Waals surface area contributed by atoms with E-state index < -0.39 is 0 Å². The van der Waals surface area contributed by atoms with Crippen LogP contribution in [0.5, 0.6) is 0 Å². The second kappa shape index (κ2) is 8.22. The van der Waals surface area contributed by atoms with Crippen molar-refractivity contribution in [3.8, 4) is 11.3 Å². The summed E-state index contributed by atoms with van der Waals surface area (Å²) >= 11 is 0. The molecule has 0 saturated carbocycles. The minimum Gasteiger partial charge on any atom is -0.378 e. The summed E-state index contributed by atoms with van der Waals surface area (Å²) in [6.45, 7) is 5.07. The summed E-state index contributed by atoms with van der Waals surface area (Å²) in [5, 5.41) is 7.08. The van der Waals surface area contributed by atoms with Gasteiger partial charge in [-0.15, -0.1) is 0 Å². The predicted molar refractivity (Wildman–Crippen MR) is 105 cm³/mol. The van der Waals surface area contributed by atoms with E-state index in [0.29, 0.717) is 36.8 Å². The van der Waals surface area contributed by atoms with E-state index in [-0.39, 0.29) is 5.91 Å². The third kappa shape index (κ3) is 3.75. The number of pyridine rings is 1. The number of nitrogens with one attached hydrogen (secondary N) is 1. The maximum Gasteiger partial charge on any atom is 0.257 e. The molecule has 1 fully saturated rings.